The molecule has 5 nitrogen and oxygen atoms in total. The first-order valence-corrected chi connectivity index (χ1v) is 9.55. The first kappa shape index (κ1) is 19.2. The molecule has 1 aromatic carbocycles. The van der Waals surface area contributed by atoms with Crippen LogP contribution in [0, 0.1) is 6.92 Å². The van der Waals surface area contributed by atoms with Gasteiger partial charge in [-0.15, -0.1) is 0 Å². The van der Waals surface area contributed by atoms with Gasteiger partial charge in [-0.2, -0.15) is 5.10 Å². The van der Waals surface area contributed by atoms with Gasteiger partial charge in [0.2, 0.25) is 0 Å². The van der Waals surface area contributed by atoms with E-state index in [0.717, 1.165) is 43.7 Å². The van der Waals surface area contributed by atoms with Gasteiger partial charge in [0.15, 0.2) is 5.69 Å². The molecule has 1 aromatic heterocycles. The number of carbonyl (C=O) groups excluding carboxylic acids is 1. The molecule has 2 aromatic rings. The Kier molecular flexibility index (Phi) is 5.90. The minimum Gasteiger partial charge on any atom is -0.337 e. The maximum absolute atomic E-state index is 12.7. The molecular formula is C19H24Cl2N4O. The molecule has 0 aliphatic carbocycles. The number of likely N-dealkylation sites (tertiary alicyclic amines) is 1. The largest absolute Gasteiger partial charge is 0.337 e. The monoisotopic (exact) mass is 394 g/mol. The molecule has 0 spiro atoms. The van der Waals surface area contributed by atoms with Crippen molar-refractivity contribution in [2.45, 2.75) is 32.4 Å². The van der Waals surface area contributed by atoms with Crippen molar-refractivity contribution < 1.29 is 4.79 Å². The van der Waals surface area contributed by atoms with Crippen LogP contribution in [0.15, 0.2) is 24.3 Å². The van der Waals surface area contributed by atoms with Crippen LogP contribution in [0.2, 0.25) is 10.0 Å². The Morgan fingerprint density at radius 1 is 1.23 bits per heavy atom. The molecule has 2 heterocycles. The molecule has 1 saturated heterocycles. The van der Waals surface area contributed by atoms with Gasteiger partial charge in [-0.3, -0.25) is 14.4 Å². The van der Waals surface area contributed by atoms with E-state index < -0.39 is 0 Å². The summed E-state index contributed by atoms with van der Waals surface area (Å²) in [6.45, 7) is 4.69. The Hall–Kier alpha value is -1.56. The van der Waals surface area contributed by atoms with Gasteiger partial charge in [0, 0.05) is 45.5 Å². The molecule has 0 unspecified atom stereocenters. The third-order valence-corrected chi connectivity index (χ3v) is 5.89. The van der Waals surface area contributed by atoms with Crippen LogP contribution in [0.1, 0.15) is 34.6 Å². The van der Waals surface area contributed by atoms with Crippen molar-refractivity contribution in [2.24, 2.45) is 7.05 Å². The van der Waals surface area contributed by atoms with Gasteiger partial charge in [0.05, 0.1) is 10.0 Å². The first-order chi connectivity index (χ1) is 12.3. The van der Waals surface area contributed by atoms with Gasteiger partial charge in [-0.1, -0.05) is 29.3 Å². The highest BCUT2D eigenvalue weighted by molar-refractivity contribution is 6.42. The number of amides is 1. The van der Waals surface area contributed by atoms with E-state index in [1.165, 1.54) is 0 Å². The van der Waals surface area contributed by atoms with E-state index in [2.05, 4.69) is 10.00 Å². The summed E-state index contributed by atoms with van der Waals surface area (Å²) in [5.41, 5.74) is 2.66. The van der Waals surface area contributed by atoms with E-state index in [1.807, 2.05) is 50.2 Å². The number of rotatable bonds is 4. The molecule has 1 aliphatic rings. The summed E-state index contributed by atoms with van der Waals surface area (Å²) in [5, 5.41) is 5.48. The SMILES string of the molecule is Cc1cc(C(=O)N(C)C2CCN(Cc3ccc(Cl)c(Cl)c3)CC2)nn1C. The molecule has 0 bridgehead atoms. The summed E-state index contributed by atoms with van der Waals surface area (Å²) < 4.78 is 1.74. The number of aryl methyl sites for hydroxylation is 2. The summed E-state index contributed by atoms with van der Waals surface area (Å²) in [4.78, 5) is 16.9. The summed E-state index contributed by atoms with van der Waals surface area (Å²) in [6, 6.07) is 7.87. The molecule has 0 saturated carbocycles. The second-order valence-corrected chi connectivity index (χ2v) is 7.78. The Labute approximate surface area is 164 Å². The van der Waals surface area contributed by atoms with Crippen molar-refractivity contribution in [3.05, 3.63) is 51.3 Å². The number of hydrogen-bond acceptors (Lipinski definition) is 3. The fraction of sp³-hybridized carbons (Fsp3) is 0.474. The molecule has 1 fully saturated rings. The van der Waals surface area contributed by atoms with Crippen molar-refractivity contribution in [3.8, 4) is 0 Å². The van der Waals surface area contributed by atoms with Gasteiger partial charge >= 0.3 is 0 Å². The third-order valence-electron chi connectivity index (χ3n) is 5.15. The van der Waals surface area contributed by atoms with Gasteiger partial charge < -0.3 is 4.90 Å². The lowest BCUT2D eigenvalue weighted by Crippen LogP contribution is -2.45. The second kappa shape index (κ2) is 7.99. The van der Waals surface area contributed by atoms with Gasteiger partial charge in [0.1, 0.15) is 0 Å². The normalized spacial score (nSPS) is 16.0. The predicted octanol–water partition coefficient (Wildman–Crippen LogP) is 3.77. The van der Waals surface area contributed by atoms with Crippen LogP contribution in [0.25, 0.3) is 0 Å². The van der Waals surface area contributed by atoms with Gasteiger partial charge in [0.25, 0.3) is 5.91 Å². The fourth-order valence-corrected chi connectivity index (χ4v) is 3.69. The zero-order chi connectivity index (χ0) is 18.8. The van der Waals surface area contributed by atoms with Crippen molar-refractivity contribution in [1.82, 2.24) is 19.6 Å². The number of piperidine rings is 1. The van der Waals surface area contributed by atoms with E-state index in [9.17, 15) is 4.79 Å². The molecule has 1 aliphatic heterocycles. The van der Waals surface area contributed by atoms with Crippen LogP contribution in [-0.4, -0.2) is 51.7 Å². The first-order valence-electron chi connectivity index (χ1n) is 8.79. The highest BCUT2D eigenvalue weighted by atomic mass is 35.5. The van der Waals surface area contributed by atoms with Crippen LogP contribution >= 0.6 is 23.2 Å². The van der Waals surface area contributed by atoms with Crippen molar-refractivity contribution in [1.29, 1.82) is 0 Å². The molecule has 0 N–H and O–H groups in total. The molecule has 26 heavy (non-hydrogen) atoms. The van der Waals surface area contributed by atoms with Crippen molar-refractivity contribution >= 4 is 29.1 Å². The van der Waals surface area contributed by atoms with E-state index in [0.29, 0.717) is 15.7 Å². The fourth-order valence-electron chi connectivity index (χ4n) is 3.37. The Balaban J connectivity index is 1.55. The van der Waals surface area contributed by atoms with Crippen LogP contribution in [0.3, 0.4) is 0 Å². The van der Waals surface area contributed by atoms with Crippen LogP contribution in [-0.2, 0) is 13.6 Å². The summed E-state index contributed by atoms with van der Waals surface area (Å²) in [7, 11) is 3.74. The maximum atomic E-state index is 12.7. The summed E-state index contributed by atoms with van der Waals surface area (Å²) >= 11 is 12.1. The van der Waals surface area contributed by atoms with Crippen LogP contribution < -0.4 is 0 Å². The van der Waals surface area contributed by atoms with Crippen LogP contribution in [0.4, 0.5) is 0 Å². The topological polar surface area (TPSA) is 41.4 Å². The molecular weight excluding hydrogens is 371 g/mol. The molecule has 3 rings (SSSR count). The number of nitrogens with zero attached hydrogens (tertiary/aromatic N) is 4. The Morgan fingerprint density at radius 2 is 1.92 bits per heavy atom. The number of hydrogen-bond donors (Lipinski definition) is 0. The van der Waals surface area contributed by atoms with Crippen LogP contribution in [0.5, 0.6) is 0 Å². The minimum absolute atomic E-state index is 0.00312. The molecule has 1 amide bonds. The molecule has 0 radical (unpaired) electrons. The minimum atomic E-state index is -0.00312. The zero-order valence-corrected chi connectivity index (χ0v) is 16.9. The zero-order valence-electron chi connectivity index (χ0n) is 15.4. The predicted molar refractivity (Wildman–Crippen MR) is 105 cm³/mol. The lowest BCUT2D eigenvalue weighted by Gasteiger charge is -2.36. The third kappa shape index (κ3) is 4.22. The lowest BCUT2D eigenvalue weighted by atomic mass is 10.0. The smallest absolute Gasteiger partial charge is 0.274 e. The van der Waals surface area contributed by atoms with E-state index in [-0.39, 0.29) is 11.9 Å². The highest BCUT2D eigenvalue weighted by Gasteiger charge is 2.27. The maximum Gasteiger partial charge on any atom is 0.274 e. The number of halogens is 2. The lowest BCUT2D eigenvalue weighted by molar-refractivity contribution is 0.0630. The Morgan fingerprint density at radius 3 is 2.50 bits per heavy atom. The number of carbonyl (C=O) groups is 1. The number of aromatic nitrogens is 2. The average Bonchev–Trinajstić information content (AvgIpc) is 2.96. The molecule has 7 heteroatoms. The average molecular weight is 395 g/mol. The van der Waals surface area contributed by atoms with Gasteiger partial charge in [-0.05, 0) is 43.5 Å². The number of benzene rings is 1. The quantitative estimate of drug-likeness (QED) is 0.792. The summed E-state index contributed by atoms with van der Waals surface area (Å²) in [6.07, 6.45) is 1.91. The van der Waals surface area contributed by atoms with Crippen molar-refractivity contribution in [2.75, 3.05) is 20.1 Å². The van der Waals surface area contributed by atoms with E-state index >= 15 is 0 Å². The van der Waals surface area contributed by atoms with Gasteiger partial charge in [-0.25, -0.2) is 0 Å². The summed E-state index contributed by atoms with van der Waals surface area (Å²) in [5.74, 6) is -0.00312. The molecule has 0 atom stereocenters. The standard InChI is InChI=1S/C19H24Cl2N4O/c1-13-10-18(22-24(13)3)19(26)23(2)15-6-8-25(9-7-15)12-14-4-5-16(20)17(21)11-14/h4-5,10-11,15H,6-9,12H2,1-3H3. The Bertz CT molecular complexity index is 777. The van der Waals surface area contributed by atoms with Crippen molar-refractivity contribution in [3.63, 3.8) is 0 Å². The van der Waals surface area contributed by atoms with E-state index in [1.54, 1.807) is 4.68 Å². The van der Waals surface area contributed by atoms with E-state index in [4.69, 9.17) is 23.2 Å². The second-order valence-electron chi connectivity index (χ2n) is 6.97. The highest BCUT2D eigenvalue weighted by Crippen LogP contribution is 2.24. The molecule has 140 valence electrons.